The lowest BCUT2D eigenvalue weighted by molar-refractivity contribution is 0.0389. The largest absolute Gasteiger partial charge is 0.493 e. The van der Waals surface area contributed by atoms with Crippen LogP contribution in [0.2, 0.25) is 0 Å². The van der Waals surface area contributed by atoms with E-state index in [9.17, 15) is 0 Å². The van der Waals surface area contributed by atoms with Crippen LogP contribution < -0.4 is 15.4 Å². The van der Waals surface area contributed by atoms with Gasteiger partial charge in [0.05, 0.1) is 26.4 Å². The van der Waals surface area contributed by atoms with Gasteiger partial charge >= 0.3 is 0 Å². The van der Waals surface area contributed by atoms with Gasteiger partial charge in [0.2, 0.25) is 0 Å². The van der Waals surface area contributed by atoms with E-state index < -0.39 is 0 Å². The van der Waals surface area contributed by atoms with E-state index in [4.69, 9.17) is 14.5 Å². The van der Waals surface area contributed by atoms with Crippen LogP contribution in [0.5, 0.6) is 5.75 Å². The molecule has 6 heteroatoms. The minimum absolute atomic E-state index is 0.505. The third-order valence-corrected chi connectivity index (χ3v) is 4.12. The summed E-state index contributed by atoms with van der Waals surface area (Å²) in [5, 5.41) is 6.74. The second kappa shape index (κ2) is 11.8. The molecule has 1 aromatic rings. The minimum atomic E-state index is 0.505. The fourth-order valence-electron chi connectivity index (χ4n) is 2.69. The van der Waals surface area contributed by atoms with Crippen molar-refractivity contribution in [3.05, 3.63) is 29.8 Å². The SMILES string of the molecule is CCNC(=NCc1ccccc1OCC(C)C)NCCN1CCOCC1. The summed E-state index contributed by atoms with van der Waals surface area (Å²) in [4.78, 5) is 7.14. The Balaban J connectivity index is 1.87. The highest BCUT2D eigenvalue weighted by Crippen LogP contribution is 2.19. The summed E-state index contributed by atoms with van der Waals surface area (Å²) in [6.45, 7) is 14.1. The maximum absolute atomic E-state index is 5.92. The van der Waals surface area contributed by atoms with Gasteiger partial charge < -0.3 is 20.1 Å². The van der Waals surface area contributed by atoms with Gasteiger partial charge in [0.25, 0.3) is 0 Å². The zero-order valence-electron chi connectivity index (χ0n) is 16.5. The molecule has 0 radical (unpaired) electrons. The van der Waals surface area contributed by atoms with Crippen LogP contribution in [0.3, 0.4) is 0 Å². The maximum Gasteiger partial charge on any atom is 0.191 e. The molecule has 0 amide bonds. The molecule has 1 aliphatic heterocycles. The molecule has 0 aliphatic carbocycles. The lowest BCUT2D eigenvalue weighted by Crippen LogP contribution is -2.44. The normalized spacial score (nSPS) is 15.9. The Morgan fingerprint density at radius 3 is 2.73 bits per heavy atom. The highest BCUT2D eigenvalue weighted by molar-refractivity contribution is 5.79. The highest BCUT2D eigenvalue weighted by atomic mass is 16.5. The summed E-state index contributed by atoms with van der Waals surface area (Å²) in [6, 6.07) is 8.14. The first-order chi connectivity index (χ1) is 12.7. The van der Waals surface area contributed by atoms with Crippen molar-refractivity contribution in [3.63, 3.8) is 0 Å². The molecule has 2 rings (SSSR count). The standard InChI is InChI=1S/C20H34N4O2/c1-4-21-20(22-9-10-24-11-13-25-14-12-24)23-15-18-7-5-6-8-19(18)26-16-17(2)3/h5-8,17H,4,9-16H2,1-3H3,(H2,21,22,23). The van der Waals surface area contributed by atoms with Crippen molar-refractivity contribution in [1.82, 2.24) is 15.5 Å². The average molecular weight is 363 g/mol. The number of ether oxygens (including phenoxy) is 2. The number of hydrogen-bond acceptors (Lipinski definition) is 4. The molecule has 0 saturated carbocycles. The van der Waals surface area contributed by atoms with Crippen LogP contribution in [0.1, 0.15) is 26.3 Å². The number of aliphatic imine (C=N–C) groups is 1. The van der Waals surface area contributed by atoms with Crippen LogP contribution in [0, 0.1) is 5.92 Å². The highest BCUT2D eigenvalue weighted by Gasteiger charge is 2.10. The topological polar surface area (TPSA) is 58.1 Å². The summed E-state index contributed by atoms with van der Waals surface area (Å²) in [5.41, 5.74) is 1.11. The Morgan fingerprint density at radius 1 is 1.23 bits per heavy atom. The number of hydrogen-bond donors (Lipinski definition) is 2. The summed E-state index contributed by atoms with van der Waals surface area (Å²) < 4.78 is 11.3. The third kappa shape index (κ3) is 7.62. The summed E-state index contributed by atoms with van der Waals surface area (Å²) in [5.74, 6) is 2.28. The van der Waals surface area contributed by atoms with E-state index >= 15 is 0 Å². The molecule has 1 aliphatic rings. The van der Waals surface area contributed by atoms with Gasteiger partial charge in [-0.1, -0.05) is 32.0 Å². The third-order valence-electron chi connectivity index (χ3n) is 4.12. The first-order valence-corrected chi connectivity index (χ1v) is 9.72. The molecular weight excluding hydrogens is 328 g/mol. The van der Waals surface area contributed by atoms with Crippen molar-refractivity contribution in [1.29, 1.82) is 0 Å². The number of benzene rings is 1. The number of guanidine groups is 1. The molecule has 26 heavy (non-hydrogen) atoms. The molecule has 0 spiro atoms. The van der Waals surface area contributed by atoms with Crippen molar-refractivity contribution in [2.75, 3.05) is 52.5 Å². The fourth-order valence-corrected chi connectivity index (χ4v) is 2.69. The molecule has 0 atom stereocenters. The monoisotopic (exact) mass is 362 g/mol. The molecule has 6 nitrogen and oxygen atoms in total. The van der Waals surface area contributed by atoms with Crippen LogP contribution >= 0.6 is 0 Å². The van der Waals surface area contributed by atoms with Crippen molar-refractivity contribution < 1.29 is 9.47 Å². The first-order valence-electron chi connectivity index (χ1n) is 9.72. The van der Waals surface area contributed by atoms with Crippen molar-refractivity contribution in [2.45, 2.75) is 27.3 Å². The van der Waals surface area contributed by atoms with Gasteiger partial charge in [-0.25, -0.2) is 4.99 Å². The summed E-state index contributed by atoms with van der Waals surface area (Å²) in [7, 11) is 0. The van der Waals surface area contributed by atoms with E-state index in [1.807, 2.05) is 18.2 Å². The van der Waals surface area contributed by atoms with Crippen molar-refractivity contribution in [3.8, 4) is 5.75 Å². The van der Waals surface area contributed by atoms with Gasteiger partial charge in [0, 0.05) is 38.3 Å². The molecule has 2 N–H and O–H groups in total. The van der Waals surface area contributed by atoms with Gasteiger partial charge in [0.15, 0.2) is 5.96 Å². The zero-order valence-corrected chi connectivity index (χ0v) is 16.5. The van der Waals surface area contributed by atoms with Crippen LogP contribution in [-0.4, -0.2) is 63.4 Å². The van der Waals surface area contributed by atoms with E-state index in [1.54, 1.807) is 0 Å². The molecule has 1 saturated heterocycles. The first kappa shape index (κ1) is 20.5. The Kier molecular flexibility index (Phi) is 9.28. The number of nitrogens with one attached hydrogen (secondary N) is 2. The van der Waals surface area contributed by atoms with Crippen LogP contribution in [-0.2, 0) is 11.3 Å². The lowest BCUT2D eigenvalue weighted by atomic mass is 10.2. The molecule has 1 fully saturated rings. The second-order valence-electron chi connectivity index (χ2n) is 6.89. The number of morpholine rings is 1. The van der Waals surface area contributed by atoms with Crippen LogP contribution in [0.4, 0.5) is 0 Å². The maximum atomic E-state index is 5.92. The van der Waals surface area contributed by atoms with E-state index in [2.05, 4.69) is 42.4 Å². The molecule has 1 aromatic carbocycles. The smallest absolute Gasteiger partial charge is 0.191 e. The predicted octanol–water partition coefficient (Wildman–Crippen LogP) is 2.11. The second-order valence-corrected chi connectivity index (χ2v) is 6.89. The molecule has 0 bridgehead atoms. The van der Waals surface area contributed by atoms with E-state index in [0.29, 0.717) is 12.5 Å². The fraction of sp³-hybridized carbons (Fsp3) is 0.650. The van der Waals surface area contributed by atoms with Crippen molar-refractivity contribution >= 4 is 5.96 Å². The number of rotatable bonds is 9. The van der Waals surface area contributed by atoms with Crippen LogP contribution in [0.25, 0.3) is 0 Å². The quantitative estimate of drug-likeness (QED) is 0.520. The number of para-hydroxylation sites is 1. The van der Waals surface area contributed by atoms with Crippen molar-refractivity contribution in [2.24, 2.45) is 10.9 Å². The molecule has 1 heterocycles. The Labute approximate surface area is 158 Å². The number of nitrogens with zero attached hydrogens (tertiary/aromatic N) is 2. The predicted molar refractivity (Wildman–Crippen MR) is 107 cm³/mol. The molecular formula is C20H34N4O2. The lowest BCUT2D eigenvalue weighted by Gasteiger charge is -2.26. The van der Waals surface area contributed by atoms with Gasteiger partial charge in [-0.15, -0.1) is 0 Å². The Hall–Kier alpha value is -1.79. The van der Waals surface area contributed by atoms with Gasteiger partial charge in [-0.2, -0.15) is 0 Å². The zero-order chi connectivity index (χ0) is 18.6. The Bertz CT molecular complexity index is 542. The van der Waals surface area contributed by atoms with E-state index in [-0.39, 0.29) is 0 Å². The molecule has 0 aromatic heterocycles. The summed E-state index contributed by atoms with van der Waals surface area (Å²) >= 11 is 0. The van der Waals surface area contributed by atoms with Crippen LogP contribution in [0.15, 0.2) is 29.3 Å². The van der Waals surface area contributed by atoms with Gasteiger partial charge in [-0.3, -0.25) is 4.90 Å². The van der Waals surface area contributed by atoms with Gasteiger partial charge in [0.1, 0.15) is 5.75 Å². The van der Waals surface area contributed by atoms with E-state index in [0.717, 1.165) is 69.8 Å². The van der Waals surface area contributed by atoms with Gasteiger partial charge in [-0.05, 0) is 18.9 Å². The Morgan fingerprint density at radius 2 is 2.00 bits per heavy atom. The van der Waals surface area contributed by atoms with E-state index in [1.165, 1.54) is 0 Å². The average Bonchev–Trinajstić information content (AvgIpc) is 2.66. The molecule has 146 valence electrons. The summed E-state index contributed by atoms with van der Waals surface area (Å²) in [6.07, 6.45) is 0. The minimum Gasteiger partial charge on any atom is -0.493 e. The molecule has 0 unspecified atom stereocenters.